The molecule has 1 N–H and O–H groups in total. The maximum atomic E-state index is 13.0. The van der Waals surface area contributed by atoms with Gasteiger partial charge in [0.25, 0.3) is 0 Å². The van der Waals surface area contributed by atoms with Gasteiger partial charge < -0.3 is 14.6 Å². The molecule has 1 unspecified atom stereocenters. The van der Waals surface area contributed by atoms with Crippen molar-refractivity contribution in [3.05, 3.63) is 18.2 Å². The summed E-state index contributed by atoms with van der Waals surface area (Å²) in [6.07, 6.45) is 11.7. The number of aromatic nitrogens is 2. The topological polar surface area (TPSA) is 61.6 Å². The van der Waals surface area contributed by atoms with Crippen molar-refractivity contribution < 1.29 is 9.90 Å². The Hall–Kier alpha value is -1.40. The van der Waals surface area contributed by atoms with Crippen molar-refractivity contribution in [1.29, 1.82) is 0 Å². The summed E-state index contributed by atoms with van der Waals surface area (Å²) in [4.78, 5) is 21.9. The van der Waals surface area contributed by atoms with E-state index in [4.69, 9.17) is 0 Å². The molecule has 3 saturated heterocycles. The van der Waals surface area contributed by atoms with E-state index in [1.54, 1.807) is 6.20 Å². The van der Waals surface area contributed by atoms with E-state index in [-0.39, 0.29) is 18.0 Å². The Morgan fingerprint density at radius 3 is 2.62 bits per heavy atom. The third-order valence-corrected chi connectivity index (χ3v) is 6.89. The third kappa shape index (κ3) is 3.07. The second-order valence-corrected chi connectivity index (χ2v) is 8.50. The van der Waals surface area contributed by atoms with Gasteiger partial charge in [0.1, 0.15) is 11.4 Å². The number of carbonyl (C=O) groups excluding carboxylic acids is 1. The highest BCUT2D eigenvalue weighted by molar-refractivity contribution is 5.79. The highest BCUT2D eigenvalue weighted by Crippen LogP contribution is 2.45. The van der Waals surface area contributed by atoms with Crippen LogP contribution in [0.3, 0.4) is 0 Å². The summed E-state index contributed by atoms with van der Waals surface area (Å²) in [5, 5.41) is 11.3. The summed E-state index contributed by atoms with van der Waals surface area (Å²) in [5.41, 5.74) is -0.860. The van der Waals surface area contributed by atoms with Gasteiger partial charge in [0.05, 0.1) is 6.54 Å². The zero-order valence-electron chi connectivity index (χ0n) is 16.1. The molecular formula is C20H32N4O2. The molecule has 6 heteroatoms. The molecule has 6 nitrogen and oxygen atoms in total. The molecule has 1 aromatic rings. The molecule has 1 aromatic heterocycles. The Labute approximate surface area is 156 Å². The number of fused-ring (bicyclic) bond motifs is 2. The number of hydrogen-bond acceptors (Lipinski definition) is 4. The van der Waals surface area contributed by atoms with Crippen molar-refractivity contribution in [3.8, 4) is 0 Å². The van der Waals surface area contributed by atoms with Crippen LogP contribution in [0.4, 0.5) is 0 Å². The number of nitrogens with zero attached hydrogens (tertiary/aromatic N) is 4. The number of imidazole rings is 1. The number of aliphatic hydroxyl groups is 1. The lowest BCUT2D eigenvalue weighted by molar-refractivity contribution is -0.139. The molecule has 26 heavy (non-hydrogen) atoms. The predicted molar refractivity (Wildman–Crippen MR) is 99.5 cm³/mol. The summed E-state index contributed by atoms with van der Waals surface area (Å²) in [7, 11) is 1.94. The van der Waals surface area contributed by atoms with Gasteiger partial charge in [-0.3, -0.25) is 9.69 Å². The molecule has 2 bridgehead atoms. The molecule has 4 heterocycles. The first-order valence-electron chi connectivity index (χ1n) is 10.3. The second kappa shape index (κ2) is 6.97. The van der Waals surface area contributed by atoms with E-state index in [0.29, 0.717) is 25.4 Å². The number of piperidine rings is 2. The molecule has 3 fully saturated rings. The molecule has 144 valence electrons. The Balaban J connectivity index is 1.45. The molecule has 3 aliphatic rings. The van der Waals surface area contributed by atoms with Crippen LogP contribution in [-0.2, 0) is 17.4 Å². The molecule has 1 amide bonds. The van der Waals surface area contributed by atoms with E-state index in [2.05, 4.69) is 21.7 Å². The van der Waals surface area contributed by atoms with Crippen molar-refractivity contribution in [2.45, 2.75) is 82.0 Å². The monoisotopic (exact) mass is 360 g/mol. The van der Waals surface area contributed by atoms with E-state index in [1.165, 1.54) is 6.42 Å². The number of likely N-dealkylation sites (tertiary alicyclic amines) is 1. The van der Waals surface area contributed by atoms with Crippen LogP contribution < -0.4 is 0 Å². The molecular weight excluding hydrogens is 328 g/mol. The van der Waals surface area contributed by atoms with E-state index in [0.717, 1.165) is 44.5 Å². The van der Waals surface area contributed by atoms with Gasteiger partial charge in [-0.25, -0.2) is 4.98 Å². The minimum absolute atomic E-state index is 0.282. The average molecular weight is 361 g/mol. The maximum Gasteiger partial charge on any atom is 0.237 e. The largest absolute Gasteiger partial charge is 0.382 e. The molecule has 0 saturated carbocycles. The zero-order chi connectivity index (χ0) is 18.3. The van der Waals surface area contributed by atoms with Crippen LogP contribution in [-0.4, -0.2) is 61.6 Å². The summed E-state index contributed by atoms with van der Waals surface area (Å²) in [6, 6.07) is 0.983. The highest BCUT2D eigenvalue weighted by atomic mass is 16.3. The van der Waals surface area contributed by atoms with E-state index in [9.17, 15) is 9.90 Å². The lowest BCUT2D eigenvalue weighted by Crippen LogP contribution is -2.55. The summed E-state index contributed by atoms with van der Waals surface area (Å²) in [6.45, 7) is 3.62. The van der Waals surface area contributed by atoms with Crippen LogP contribution in [0.5, 0.6) is 0 Å². The first-order chi connectivity index (χ1) is 12.5. The lowest BCUT2D eigenvalue weighted by Gasteiger charge is -2.44. The molecule has 0 spiro atoms. The van der Waals surface area contributed by atoms with E-state index >= 15 is 0 Å². The van der Waals surface area contributed by atoms with Crippen LogP contribution in [0, 0.1) is 0 Å². The van der Waals surface area contributed by atoms with Crippen molar-refractivity contribution in [3.63, 3.8) is 0 Å². The number of hydrogen-bond donors (Lipinski definition) is 1. The first-order valence-corrected chi connectivity index (χ1v) is 10.3. The molecule has 0 aromatic carbocycles. The summed E-state index contributed by atoms with van der Waals surface area (Å²) in [5.74, 6) is 1.05. The number of aryl methyl sites for hydroxylation is 1. The van der Waals surface area contributed by atoms with E-state index < -0.39 is 5.60 Å². The van der Waals surface area contributed by atoms with Gasteiger partial charge in [-0.15, -0.1) is 0 Å². The molecule has 0 aliphatic carbocycles. The first kappa shape index (κ1) is 18.0. The van der Waals surface area contributed by atoms with Crippen molar-refractivity contribution in [2.75, 3.05) is 13.1 Å². The Bertz CT molecular complexity index is 644. The summed E-state index contributed by atoms with van der Waals surface area (Å²) >= 11 is 0. The molecule has 4 atom stereocenters. The van der Waals surface area contributed by atoms with Gasteiger partial charge in [0.2, 0.25) is 5.91 Å². The summed E-state index contributed by atoms with van der Waals surface area (Å²) < 4.78 is 1.93. The highest BCUT2D eigenvalue weighted by Gasteiger charge is 2.50. The van der Waals surface area contributed by atoms with Crippen LogP contribution in [0.25, 0.3) is 0 Å². The second-order valence-electron chi connectivity index (χ2n) is 8.50. The fourth-order valence-electron chi connectivity index (χ4n) is 5.57. The Morgan fingerprint density at radius 1 is 1.27 bits per heavy atom. The van der Waals surface area contributed by atoms with Crippen LogP contribution in [0.2, 0.25) is 0 Å². The smallest absolute Gasteiger partial charge is 0.237 e. The lowest BCUT2D eigenvalue weighted by atomic mass is 9.85. The van der Waals surface area contributed by atoms with Gasteiger partial charge in [-0.05, 0) is 51.4 Å². The SMILES string of the molecule is CC[C@@H]1CCCCN1C(=O)CN1[C@@H]2CC[C@H]1CC(O)(c1nccn1C)C2. The van der Waals surface area contributed by atoms with Gasteiger partial charge in [-0.2, -0.15) is 0 Å². The van der Waals surface area contributed by atoms with Gasteiger partial charge in [0.15, 0.2) is 0 Å². The van der Waals surface area contributed by atoms with Crippen LogP contribution in [0.15, 0.2) is 12.4 Å². The standard InChI is InChI=1S/C20H32N4O2/c1-3-15-6-4-5-10-23(15)18(25)14-24-16-7-8-17(24)13-20(26,12-16)19-21-9-11-22(19)2/h9,11,15-17,26H,3-8,10,12-14H2,1-2H3/t15-,16-,17+,20?/m1/s1. The van der Waals surface area contributed by atoms with Gasteiger partial charge in [-0.1, -0.05) is 6.92 Å². The fourth-order valence-corrected chi connectivity index (χ4v) is 5.57. The predicted octanol–water partition coefficient (Wildman–Crippen LogP) is 2.03. The molecule has 4 rings (SSSR count). The third-order valence-electron chi connectivity index (χ3n) is 6.89. The fraction of sp³-hybridized carbons (Fsp3) is 0.800. The normalized spacial score (nSPS) is 35.0. The van der Waals surface area contributed by atoms with Gasteiger partial charge in [0, 0.05) is 44.1 Å². The van der Waals surface area contributed by atoms with Crippen LogP contribution in [0.1, 0.15) is 64.1 Å². The minimum Gasteiger partial charge on any atom is -0.382 e. The molecule has 0 radical (unpaired) electrons. The maximum absolute atomic E-state index is 13.0. The number of rotatable bonds is 4. The molecule has 3 aliphatic heterocycles. The van der Waals surface area contributed by atoms with Crippen molar-refractivity contribution in [2.24, 2.45) is 7.05 Å². The quantitative estimate of drug-likeness (QED) is 0.892. The zero-order valence-corrected chi connectivity index (χ0v) is 16.1. The van der Waals surface area contributed by atoms with Gasteiger partial charge >= 0.3 is 0 Å². The number of amides is 1. The van der Waals surface area contributed by atoms with E-state index in [1.807, 2.05) is 17.8 Å². The van der Waals surface area contributed by atoms with Crippen LogP contribution >= 0.6 is 0 Å². The van der Waals surface area contributed by atoms with Crippen molar-refractivity contribution in [1.82, 2.24) is 19.4 Å². The Morgan fingerprint density at radius 2 is 2.00 bits per heavy atom. The average Bonchev–Trinajstić information content (AvgIpc) is 3.17. The minimum atomic E-state index is -0.860. The Kier molecular flexibility index (Phi) is 4.82. The van der Waals surface area contributed by atoms with Crippen molar-refractivity contribution >= 4 is 5.91 Å². The number of carbonyl (C=O) groups is 1.